The van der Waals surface area contributed by atoms with Crippen molar-refractivity contribution < 1.29 is 14.6 Å². The molecule has 0 saturated heterocycles. The first-order valence-corrected chi connectivity index (χ1v) is 10.0. The van der Waals surface area contributed by atoms with Crippen LogP contribution in [0.3, 0.4) is 0 Å². The van der Waals surface area contributed by atoms with Crippen LogP contribution in [-0.2, 0) is 25.8 Å². The van der Waals surface area contributed by atoms with E-state index >= 15 is 0 Å². The molecular formula is C20H22ClN3O4S. The van der Waals surface area contributed by atoms with Gasteiger partial charge in [-0.2, -0.15) is 0 Å². The topological polar surface area (TPSA) is 104 Å². The van der Waals surface area contributed by atoms with Gasteiger partial charge in [0.2, 0.25) is 5.82 Å². The van der Waals surface area contributed by atoms with E-state index in [-0.39, 0.29) is 23.8 Å². The van der Waals surface area contributed by atoms with Crippen LogP contribution in [0.1, 0.15) is 38.6 Å². The maximum atomic E-state index is 11.8. The number of H-pyrrole nitrogens is 1. The Balaban J connectivity index is 0.000000167. The summed E-state index contributed by atoms with van der Waals surface area (Å²) in [7, 11) is 1.71. The highest BCUT2D eigenvalue weighted by Crippen LogP contribution is 2.34. The summed E-state index contributed by atoms with van der Waals surface area (Å²) in [4.78, 5) is 30.5. The third-order valence-electron chi connectivity index (χ3n) is 5.08. The molecule has 0 radical (unpaired) electrons. The summed E-state index contributed by atoms with van der Waals surface area (Å²) in [5, 5.41) is 12.7. The van der Waals surface area contributed by atoms with Crippen LogP contribution in [-0.4, -0.2) is 34.7 Å². The van der Waals surface area contributed by atoms with E-state index in [0.717, 1.165) is 50.1 Å². The van der Waals surface area contributed by atoms with Crippen molar-refractivity contribution >= 4 is 39.9 Å². The normalized spacial score (nSPS) is 14.2. The molecule has 0 amide bonds. The van der Waals surface area contributed by atoms with Gasteiger partial charge in [0.15, 0.2) is 0 Å². The molecule has 3 aromatic rings. The van der Waals surface area contributed by atoms with Crippen LogP contribution in [0.25, 0.3) is 10.2 Å². The molecule has 1 aromatic carbocycles. The molecular weight excluding hydrogens is 414 g/mol. The number of thiophene rings is 1. The number of hydrogen-bond donors (Lipinski definition) is 3. The Hall–Kier alpha value is -2.42. The number of nitrogens with one attached hydrogen (secondary N) is 2. The van der Waals surface area contributed by atoms with Gasteiger partial charge in [-0.3, -0.25) is 4.79 Å². The van der Waals surface area contributed by atoms with Crippen LogP contribution in [0.15, 0.2) is 23.0 Å². The Bertz CT molecular complexity index is 1110. The van der Waals surface area contributed by atoms with E-state index in [1.165, 1.54) is 27.3 Å². The lowest BCUT2D eigenvalue weighted by atomic mass is 10.0. The number of benzene rings is 1. The number of aromatic nitrogens is 2. The van der Waals surface area contributed by atoms with Gasteiger partial charge >= 0.3 is 5.97 Å². The molecule has 5 rings (SSSR count). The first-order valence-electron chi connectivity index (χ1n) is 9.21. The minimum absolute atomic E-state index is 0. The zero-order valence-corrected chi connectivity index (χ0v) is 17.5. The summed E-state index contributed by atoms with van der Waals surface area (Å²) in [6.45, 7) is 2.08. The lowest BCUT2D eigenvalue weighted by Crippen LogP contribution is -2.23. The number of aryl methyl sites for hydroxylation is 2. The number of nitrogens with zero attached hydrogens (tertiary/aromatic N) is 1. The maximum absolute atomic E-state index is 11.8. The number of halogens is 1. The fourth-order valence-electron chi connectivity index (χ4n) is 3.68. The molecule has 9 heteroatoms. The number of carboxylic acids is 1. The van der Waals surface area contributed by atoms with Crippen molar-refractivity contribution in [1.29, 1.82) is 0 Å². The predicted octanol–water partition coefficient (Wildman–Crippen LogP) is 2.93. The van der Waals surface area contributed by atoms with Gasteiger partial charge in [-0.1, -0.05) is 6.07 Å². The van der Waals surface area contributed by atoms with Gasteiger partial charge in [0.25, 0.3) is 5.56 Å². The number of hydrogen-bond acceptors (Lipinski definition) is 6. The van der Waals surface area contributed by atoms with E-state index in [1.807, 2.05) is 6.07 Å². The molecule has 0 saturated carbocycles. The fourth-order valence-corrected chi connectivity index (χ4v) is 4.95. The fraction of sp³-hybridized carbons (Fsp3) is 0.350. The first-order chi connectivity index (χ1) is 13.6. The van der Waals surface area contributed by atoms with E-state index in [1.54, 1.807) is 7.11 Å². The van der Waals surface area contributed by atoms with E-state index in [4.69, 9.17) is 9.84 Å². The second-order valence-corrected chi connectivity index (χ2v) is 7.90. The van der Waals surface area contributed by atoms with Gasteiger partial charge in [0.1, 0.15) is 10.6 Å². The predicted molar refractivity (Wildman–Crippen MR) is 115 cm³/mol. The quantitative estimate of drug-likeness (QED) is 0.571. The van der Waals surface area contributed by atoms with Crippen molar-refractivity contribution in [2.45, 2.75) is 32.2 Å². The van der Waals surface area contributed by atoms with Crippen LogP contribution < -0.4 is 15.6 Å². The number of fused-ring (bicyclic) bond motifs is 4. The molecule has 1 aliphatic heterocycles. The zero-order valence-electron chi connectivity index (χ0n) is 15.9. The molecule has 3 heterocycles. The average Bonchev–Trinajstić information content (AvgIpc) is 3.28. The van der Waals surface area contributed by atoms with Gasteiger partial charge in [0, 0.05) is 11.4 Å². The molecule has 3 N–H and O–H groups in total. The van der Waals surface area contributed by atoms with Crippen molar-refractivity contribution in [2.24, 2.45) is 0 Å². The minimum Gasteiger partial charge on any atom is -0.497 e. The van der Waals surface area contributed by atoms with Crippen molar-refractivity contribution in [3.05, 3.63) is 55.9 Å². The van der Waals surface area contributed by atoms with E-state index in [9.17, 15) is 9.59 Å². The van der Waals surface area contributed by atoms with E-state index in [2.05, 4.69) is 27.4 Å². The number of rotatable bonds is 2. The Kier molecular flexibility index (Phi) is 6.56. The number of methoxy groups -OCH3 is 1. The summed E-state index contributed by atoms with van der Waals surface area (Å²) >= 11 is 1.44. The molecule has 29 heavy (non-hydrogen) atoms. The molecule has 0 unspecified atom stereocenters. The van der Waals surface area contributed by atoms with Crippen molar-refractivity contribution in [2.75, 3.05) is 13.7 Å². The second kappa shape index (κ2) is 8.94. The monoisotopic (exact) mass is 435 g/mol. The summed E-state index contributed by atoms with van der Waals surface area (Å²) < 4.78 is 5.16. The summed E-state index contributed by atoms with van der Waals surface area (Å²) in [6.07, 6.45) is 4.05. The number of carbonyl (C=O) groups is 1. The summed E-state index contributed by atoms with van der Waals surface area (Å²) in [5.74, 6) is -0.513. The molecule has 154 valence electrons. The van der Waals surface area contributed by atoms with Crippen molar-refractivity contribution in [3.63, 3.8) is 0 Å². The first kappa shape index (κ1) is 21.3. The number of aromatic amines is 1. The number of aromatic carboxylic acids is 1. The van der Waals surface area contributed by atoms with Crippen molar-refractivity contribution in [1.82, 2.24) is 15.3 Å². The third kappa shape index (κ3) is 4.29. The molecule has 1 aliphatic carbocycles. The van der Waals surface area contributed by atoms with Gasteiger partial charge in [-0.15, -0.1) is 23.7 Å². The highest BCUT2D eigenvalue weighted by Gasteiger charge is 2.22. The SMILES string of the molecule is COc1ccc2c(c1)CCNC2.Cl.O=C(O)c1nc2sc3c(c2c(=O)[nH]1)CCC3. The standard InChI is InChI=1S/C10H8N2O3S.C10H13NO.ClH/c13-8-6-4-2-1-3-5(4)16-9(6)12-7(11-8)10(14)15;1-12-10-3-2-9-7-11-5-4-8(9)6-10;/h1-3H2,(H,14,15)(H,11,12,13);2-3,6,11H,4-5,7H2,1H3;1H. The Morgan fingerprint density at radius 2 is 2.07 bits per heavy atom. The summed E-state index contributed by atoms with van der Waals surface area (Å²) in [5.41, 5.74) is 3.56. The highest BCUT2D eigenvalue weighted by atomic mass is 35.5. The Morgan fingerprint density at radius 1 is 1.24 bits per heavy atom. The average molecular weight is 436 g/mol. The smallest absolute Gasteiger partial charge is 0.372 e. The van der Waals surface area contributed by atoms with Gasteiger partial charge in [0.05, 0.1) is 12.5 Å². The molecule has 0 spiro atoms. The lowest BCUT2D eigenvalue weighted by molar-refractivity contribution is 0.0683. The molecule has 0 fully saturated rings. The van der Waals surface area contributed by atoms with Crippen LogP contribution in [0, 0.1) is 0 Å². The molecule has 7 nitrogen and oxygen atoms in total. The zero-order chi connectivity index (χ0) is 19.7. The largest absolute Gasteiger partial charge is 0.497 e. The van der Waals surface area contributed by atoms with Gasteiger partial charge < -0.3 is 20.1 Å². The van der Waals surface area contributed by atoms with Crippen LogP contribution >= 0.6 is 23.7 Å². The number of carboxylic acid groups (broad SMARTS) is 1. The molecule has 0 bridgehead atoms. The van der Waals surface area contributed by atoms with E-state index in [0.29, 0.717) is 10.2 Å². The van der Waals surface area contributed by atoms with E-state index < -0.39 is 5.97 Å². The summed E-state index contributed by atoms with van der Waals surface area (Å²) in [6, 6.07) is 6.29. The van der Waals surface area contributed by atoms with Crippen LogP contribution in [0.4, 0.5) is 0 Å². The lowest BCUT2D eigenvalue weighted by Gasteiger charge is -2.17. The van der Waals surface area contributed by atoms with Gasteiger partial charge in [-0.25, -0.2) is 9.78 Å². The highest BCUT2D eigenvalue weighted by molar-refractivity contribution is 7.18. The van der Waals surface area contributed by atoms with Crippen LogP contribution in [0.2, 0.25) is 0 Å². The molecule has 0 atom stereocenters. The third-order valence-corrected chi connectivity index (χ3v) is 6.26. The van der Waals surface area contributed by atoms with Crippen molar-refractivity contribution in [3.8, 4) is 5.75 Å². The molecule has 2 aromatic heterocycles. The van der Waals surface area contributed by atoms with Gasteiger partial charge in [-0.05, 0) is 61.1 Å². The second-order valence-electron chi connectivity index (χ2n) is 6.82. The Morgan fingerprint density at radius 3 is 2.83 bits per heavy atom. The Labute approximate surface area is 177 Å². The molecule has 2 aliphatic rings. The number of ether oxygens (including phenoxy) is 1. The minimum atomic E-state index is -1.20. The van der Waals surface area contributed by atoms with Crippen LogP contribution in [0.5, 0.6) is 5.75 Å². The maximum Gasteiger partial charge on any atom is 0.372 e.